The average Bonchev–Trinajstić information content (AvgIpc) is 3.21. The van der Waals surface area contributed by atoms with Crippen molar-refractivity contribution in [2.45, 2.75) is 45.2 Å². The van der Waals surface area contributed by atoms with Crippen LogP contribution in [0.5, 0.6) is 0 Å². The number of carbonyl (C=O) groups is 2. The normalized spacial score (nSPS) is 13.2. The fourth-order valence-corrected chi connectivity index (χ4v) is 5.21. The van der Waals surface area contributed by atoms with Crippen molar-refractivity contribution in [3.63, 3.8) is 0 Å². The standard InChI is InChI=1S/C26H32N4O3S/c1-4-20(33-3)15-18(2)5-7-24(31)29-26-22(16-27)21-11-14-30(17-23(21)34-26)25(32)8-6-19-9-12-28-13-10-19/h4,9-10,12-13,15H,1-2,5-8,11,14,16-17,27H2,3H3,(H,29,31)/b20-15+. The van der Waals surface area contributed by atoms with Crippen LogP contribution in [0.1, 0.15) is 40.8 Å². The fourth-order valence-electron chi connectivity index (χ4n) is 3.90. The van der Waals surface area contributed by atoms with Crippen LogP contribution in [0.15, 0.2) is 61.2 Å². The van der Waals surface area contributed by atoms with E-state index in [0.717, 1.165) is 33.0 Å². The number of rotatable bonds is 11. The number of carbonyl (C=O) groups excluding carboxylic acids is 2. The molecule has 3 rings (SSSR count). The van der Waals surface area contributed by atoms with E-state index in [4.69, 9.17) is 10.5 Å². The lowest BCUT2D eigenvalue weighted by Crippen LogP contribution is -2.35. The van der Waals surface area contributed by atoms with Crippen LogP contribution in [0.2, 0.25) is 0 Å². The van der Waals surface area contributed by atoms with E-state index >= 15 is 0 Å². The number of ether oxygens (including phenoxy) is 1. The smallest absolute Gasteiger partial charge is 0.225 e. The minimum atomic E-state index is -0.0919. The van der Waals surface area contributed by atoms with Crippen LogP contribution in [0, 0.1) is 0 Å². The summed E-state index contributed by atoms with van der Waals surface area (Å²) in [6, 6.07) is 3.87. The molecule has 2 amide bonds. The van der Waals surface area contributed by atoms with E-state index in [9.17, 15) is 9.59 Å². The maximum absolute atomic E-state index is 12.8. The summed E-state index contributed by atoms with van der Waals surface area (Å²) in [4.78, 5) is 32.4. The predicted octanol–water partition coefficient (Wildman–Crippen LogP) is 4.11. The van der Waals surface area contributed by atoms with E-state index in [2.05, 4.69) is 23.5 Å². The van der Waals surface area contributed by atoms with Gasteiger partial charge in [-0.3, -0.25) is 14.6 Å². The largest absolute Gasteiger partial charge is 0.497 e. The number of aryl methyl sites for hydroxylation is 1. The molecule has 8 heteroatoms. The van der Waals surface area contributed by atoms with Crippen LogP contribution in [0.25, 0.3) is 0 Å². The first-order valence-corrected chi connectivity index (χ1v) is 12.1. The lowest BCUT2D eigenvalue weighted by atomic mass is 10.0. The Morgan fingerprint density at radius 3 is 2.74 bits per heavy atom. The SMILES string of the molecule is C=C/C(=C\C(=C)CCC(=O)Nc1sc2c(c1CN)CCN(C(=O)CCc1ccncc1)C2)OC. The molecule has 3 N–H and O–H groups in total. The minimum absolute atomic E-state index is 0.0919. The van der Waals surface area contributed by atoms with Crippen molar-refractivity contribution in [1.82, 2.24) is 9.88 Å². The van der Waals surface area contributed by atoms with Gasteiger partial charge >= 0.3 is 0 Å². The highest BCUT2D eigenvalue weighted by Gasteiger charge is 2.26. The number of hydrogen-bond donors (Lipinski definition) is 2. The van der Waals surface area contributed by atoms with Gasteiger partial charge in [0.2, 0.25) is 11.8 Å². The number of amides is 2. The van der Waals surface area contributed by atoms with Gasteiger partial charge in [0.05, 0.1) is 18.7 Å². The molecule has 1 aliphatic heterocycles. The van der Waals surface area contributed by atoms with Gasteiger partial charge in [0.15, 0.2) is 0 Å². The number of hydrogen-bond acceptors (Lipinski definition) is 6. The number of allylic oxidation sites excluding steroid dienone is 3. The number of thiophene rings is 1. The number of nitrogens with zero attached hydrogens (tertiary/aromatic N) is 2. The molecule has 0 radical (unpaired) electrons. The molecule has 0 aromatic carbocycles. The summed E-state index contributed by atoms with van der Waals surface area (Å²) >= 11 is 1.52. The number of aromatic nitrogens is 1. The fraction of sp³-hybridized carbons (Fsp3) is 0.346. The molecule has 0 saturated carbocycles. The van der Waals surface area contributed by atoms with E-state index in [0.29, 0.717) is 51.1 Å². The van der Waals surface area contributed by atoms with E-state index in [1.165, 1.54) is 16.9 Å². The first kappa shape index (κ1) is 25.4. The number of nitrogens with one attached hydrogen (secondary N) is 1. The molecule has 34 heavy (non-hydrogen) atoms. The number of methoxy groups -OCH3 is 1. The third kappa shape index (κ3) is 6.65. The van der Waals surface area contributed by atoms with Gasteiger partial charge in [-0.25, -0.2) is 0 Å². The molecule has 7 nitrogen and oxygen atoms in total. The van der Waals surface area contributed by atoms with Crippen molar-refractivity contribution < 1.29 is 14.3 Å². The van der Waals surface area contributed by atoms with Gasteiger partial charge in [0, 0.05) is 48.8 Å². The molecule has 2 aromatic rings. The molecule has 1 aliphatic rings. The highest BCUT2D eigenvalue weighted by atomic mass is 32.1. The Bertz CT molecular complexity index is 1080. The predicted molar refractivity (Wildman–Crippen MR) is 136 cm³/mol. The topological polar surface area (TPSA) is 97.6 Å². The van der Waals surface area contributed by atoms with Crippen LogP contribution in [-0.4, -0.2) is 35.4 Å². The van der Waals surface area contributed by atoms with Crippen LogP contribution < -0.4 is 11.1 Å². The first-order valence-electron chi connectivity index (χ1n) is 11.3. The second-order valence-corrected chi connectivity index (χ2v) is 9.20. The highest BCUT2D eigenvalue weighted by molar-refractivity contribution is 7.16. The Labute approximate surface area is 205 Å². The van der Waals surface area contributed by atoms with Gasteiger partial charge in [-0.2, -0.15) is 0 Å². The van der Waals surface area contributed by atoms with Crippen molar-refractivity contribution in [3.8, 4) is 0 Å². The Balaban J connectivity index is 1.58. The summed E-state index contributed by atoms with van der Waals surface area (Å²) < 4.78 is 5.15. The number of nitrogens with two attached hydrogens (primary N) is 1. The van der Waals surface area contributed by atoms with Gasteiger partial charge in [-0.05, 0) is 54.7 Å². The van der Waals surface area contributed by atoms with Gasteiger partial charge in [-0.15, -0.1) is 11.3 Å². The van der Waals surface area contributed by atoms with Crippen LogP contribution in [-0.2, 0) is 40.3 Å². The van der Waals surface area contributed by atoms with Crippen LogP contribution in [0.4, 0.5) is 5.00 Å². The van der Waals surface area contributed by atoms with Crippen LogP contribution in [0.3, 0.4) is 0 Å². The van der Waals surface area contributed by atoms with E-state index in [1.807, 2.05) is 17.0 Å². The molecule has 0 bridgehead atoms. The van der Waals surface area contributed by atoms with Crippen molar-refractivity contribution >= 4 is 28.2 Å². The molecule has 0 aliphatic carbocycles. The van der Waals surface area contributed by atoms with E-state index < -0.39 is 0 Å². The van der Waals surface area contributed by atoms with Crippen molar-refractivity contribution in [2.24, 2.45) is 5.73 Å². The third-order valence-electron chi connectivity index (χ3n) is 5.81. The van der Waals surface area contributed by atoms with E-state index in [-0.39, 0.29) is 11.8 Å². The summed E-state index contributed by atoms with van der Waals surface area (Å²) in [7, 11) is 1.57. The first-order chi connectivity index (χ1) is 16.4. The maximum Gasteiger partial charge on any atom is 0.225 e. The summed E-state index contributed by atoms with van der Waals surface area (Å²) in [5.74, 6) is 0.657. The molecule has 0 spiro atoms. The number of fused-ring (bicyclic) bond motifs is 1. The van der Waals surface area contributed by atoms with Gasteiger partial charge in [0.1, 0.15) is 5.76 Å². The summed E-state index contributed by atoms with van der Waals surface area (Å²) in [5, 5.41) is 3.81. The third-order valence-corrected chi connectivity index (χ3v) is 6.98. The Morgan fingerprint density at radius 1 is 1.29 bits per heavy atom. The Morgan fingerprint density at radius 2 is 2.06 bits per heavy atom. The second kappa shape index (κ2) is 12.3. The highest BCUT2D eigenvalue weighted by Crippen LogP contribution is 2.37. The second-order valence-electron chi connectivity index (χ2n) is 8.10. The maximum atomic E-state index is 12.8. The van der Waals surface area contributed by atoms with Crippen LogP contribution >= 0.6 is 11.3 Å². The molecule has 0 unspecified atom stereocenters. The zero-order chi connectivity index (χ0) is 24.5. The minimum Gasteiger partial charge on any atom is -0.497 e. The molecule has 0 fully saturated rings. The lowest BCUT2D eigenvalue weighted by Gasteiger charge is -2.27. The molecule has 2 aromatic heterocycles. The summed E-state index contributed by atoms with van der Waals surface area (Å²) in [6.45, 7) is 9.22. The molecular formula is C26H32N4O3S. The molecule has 3 heterocycles. The molecule has 0 atom stereocenters. The number of pyridine rings is 1. The van der Waals surface area contributed by atoms with Crippen molar-refractivity contribution in [1.29, 1.82) is 0 Å². The lowest BCUT2D eigenvalue weighted by molar-refractivity contribution is -0.132. The molecule has 180 valence electrons. The Kier molecular flexibility index (Phi) is 9.18. The Hall–Kier alpha value is -3.23. The van der Waals surface area contributed by atoms with Gasteiger partial charge in [0.25, 0.3) is 0 Å². The molecular weight excluding hydrogens is 448 g/mol. The monoisotopic (exact) mass is 480 g/mol. The summed E-state index contributed by atoms with van der Waals surface area (Å²) in [5.41, 5.74) is 10.1. The van der Waals surface area contributed by atoms with Gasteiger partial charge in [-0.1, -0.05) is 18.7 Å². The zero-order valence-electron chi connectivity index (χ0n) is 19.6. The molecule has 0 saturated heterocycles. The average molecular weight is 481 g/mol. The van der Waals surface area contributed by atoms with Crippen molar-refractivity contribution in [3.05, 3.63) is 82.7 Å². The number of anilines is 1. The quantitative estimate of drug-likeness (QED) is 0.373. The van der Waals surface area contributed by atoms with Gasteiger partial charge < -0.3 is 20.7 Å². The van der Waals surface area contributed by atoms with E-state index in [1.54, 1.807) is 31.7 Å². The zero-order valence-corrected chi connectivity index (χ0v) is 20.5. The summed E-state index contributed by atoms with van der Waals surface area (Å²) in [6.07, 6.45) is 9.58. The van der Waals surface area contributed by atoms with Crippen molar-refractivity contribution in [2.75, 3.05) is 19.0 Å².